The second kappa shape index (κ2) is 7.44. The number of ketones is 1. The second-order valence-electron chi connectivity index (χ2n) is 8.02. The monoisotopic (exact) mass is 388 g/mol. The van der Waals surface area contributed by atoms with Gasteiger partial charge in [-0.25, -0.2) is 4.98 Å². The molecule has 5 rings (SSSR count). The van der Waals surface area contributed by atoms with Gasteiger partial charge in [-0.15, -0.1) is 0 Å². The topological polar surface area (TPSA) is 69.3 Å². The lowest BCUT2D eigenvalue weighted by atomic mass is 10.0. The number of H-pyrrole nitrogens is 1. The standard InChI is InChI=1S/C23H24N4O2/c28-15-27(18-5-6-18)22-13-21(20-7-10-24-23(20)25-22)17-3-1-16(2-4-17)14-26-11-8-19(29)9-12-26/h1-4,7,10,13,15,18H,5-6,8-9,11-12,14H2,(H,24,25). The van der Waals surface area contributed by atoms with Crippen molar-refractivity contribution in [3.8, 4) is 11.1 Å². The number of aromatic amines is 1. The molecule has 29 heavy (non-hydrogen) atoms. The Morgan fingerprint density at radius 3 is 2.59 bits per heavy atom. The molecule has 1 saturated carbocycles. The zero-order chi connectivity index (χ0) is 19.8. The van der Waals surface area contributed by atoms with Crippen LogP contribution < -0.4 is 4.90 Å². The predicted octanol–water partition coefficient (Wildman–Crippen LogP) is 3.52. The number of carbonyl (C=O) groups excluding carboxylic acids is 2. The number of likely N-dealkylation sites (tertiary alicyclic amines) is 1. The molecule has 0 bridgehead atoms. The Labute approximate surface area is 169 Å². The number of anilines is 1. The van der Waals surface area contributed by atoms with Crippen molar-refractivity contribution in [3.05, 3.63) is 48.2 Å². The minimum atomic E-state index is 0.277. The summed E-state index contributed by atoms with van der Waals surface area (Å²) in [4.78, 5) is 35.0. The van der Waals surface area contributed by atoms with E-state index in [4.69, 9.17) is 0 Å². The largest absolute Gasteiger partial charge is 0.346 e. The van der Waals surface area contributed by atoms with E-state index in [-0.39, 0.29) is 6.04 Å². The fourth-order valence-corrected chi connectivity index (χ4v) is 4.08. The van der Waals surface area contributed by atoms with Crippen LogP contribution in [0.5, 0.6) is 0 Å². The number of nitrogens with zero attached hydrogens (tertiary/aromatic N) is 3. The first kappa shape index (κ1) is 18.1. The number of nitrogens with one attached hydrogen (secondary N) is 1. The highest BCUT2D eigenvalue weighted by Crippen LogP contribution is 2.35. The normalized spacial score (nSPS) is 17.6. The van der Waals surface area contributed by atoms with E-state index in [0.29, 0.717) is 24.4 Å². The molecule has 0 atom stereocenters. The maximum Gasteiger partial charge on any atom is 0.215 e. The summed E-state index contributed by atoms with van der Waals surface area (Å²) in [6.07, 6.45) is 6.18. The number of aromatic nitrogens is 2. The second-order valence-corrected chi connectivity index (χ2v) is 8.02. The Balaban J connectivity index is 1.43. The quantitative estimate of drug-likeness (QED) is 0.656. The zero-order valence-electron chi connectivity index (χ0n) is 16.3. The van der Waals surface area contributed by atoms with Gasteiger partial charge in [-0.3, -0.25) is 19.4 Å². The minimum Gasteiger partial charge on any atom is -0.346 e. The average Bonchev–Trinajstić information content (AvgIpc) is 3.46. The van der Waals surface area contributed by atoms with Crippen molar-refractivity contribution >= 4 is 29.0 Å². The molecular formula is C23H24N4O2. The zero-order valence-corrected chi connectivity index (χ0v) is 16.3. The molecule has 0 radical (unpaired) electrons. The van der Waals surface area contributed by atoms with Gasteiger partial charge in [0.2, 0.25) is 6.41 Å². The highest BCUT2D eigenvalue weighted by Gasteiger charge is 2.30. The Morgan fingerprint density at radius 1 is 1.14 bits per heavy atom. The fourth-order valence-electron chi connectivity index (χ4n) is 4.08. The molecule has 6 nitrogen and oxygen atoms in total. The number of pyridine rings is 1. The number of fused-ring (bicyclic) bond motifs is 1. The van der Waals surface area contributed by atoms with E-state index >= 15 is 0 Å². The van der Waals surface area contributed by atoms with Crippen molar-refractivity contribution < 1.29 is 9.59 Å². The van der Waals surface area contributed by atoms with Gasteiger partial charge >= 0.3 is 0 Å². The molecule has 2 aromatic heterocycles. The molecule has 1 aromatic carbocycles. The molecule has 3 aromatic rings. The lowest BCUT2D eigenvalue weighted by Gasteiger charge is -2.25. The van der Waals surface area contributed by atoms with Crippen LogP contribution in [0.1, 0.15) is 31.2 Å². The smallest absolute Gasteiger partial charge is 0.215 e. The highest BCUT2D eigenvalue weighted by atomic mass is 16.1. The summed E-state index contributed by atoms with van der Waals surface area (Å²) in [5, 5.41) is 1.05. The molecule has 6 heteroatoms. The van der Waals surface area contributed by atoms with Crippen LogP contribution in [-0.2, 0) is 16.1 Å². The molecule has 2 aliphatic rings. The van der Waals surface area contributed by atoms with Crippen LogP contribution in [0.3, 0.4) is 0 Å². The number of amides is 1. The number of Topliss-reactive ketones (excluding diaryl/α,β-unsaturated/α-hetero) is 1. The third kappa shape index (κ3) is 3.68. The van der Waals surface area contributed by atoms with Gasteiger partial charge in [-0.05, 0) is 41.7 Å². The van der Waals surface area contributed by atoms with Gasteiger partial charge < -0.3 is 4.98 Å². The Hall–Kier alpha value is -2.99. The van der Waals surface area contributed by atoms with Gasteiger partial charge in [0.1, 0.15) is 17.2 Å². The summed E-state index contributed by atoms with van der Waals surface area (Å²) in [6.45, 7) is 2.57. The summed E-state index contributed by atoms with van der Waals surface area (Å²) in [7, 11) is 0. The number of hydrogen-bond donors (Lipinski definition) is 1. The molecular weight excluding hydrogens is 364 g/mol. The summed E-state index contributed by atoms with van der Waals surface area (Å²) in [6, 6.07) is 12.9. The fraction of sp³-hybridized carbons (Fsp3) is 0.348. The Morgan fingerprint density at radius 2 is 1.90 bits per heavy atom. The third-order valence-electron chi connectivity index (χ3n) is 5.92. The van der Waals surface area contributed by atoms with Crippen LogP contribution in [0.4, 0.5) is 5.82 Å². The maximum atomic E-state index is 11.6. The molecule has 0 spiro atoms. The summed E-state index contributed by atoms with van der Waals surface area (Å²) in [5.74, 6) is 1.07. The van der Waals surface area contributed by atoms with E-state index < -0.39 is 0 Å². The van der Waals surface area contributed by atoms with E-state index in [1.54, 1.807) is 4.90 Å². The van der Waals surface area contributed by atoms with E-state index in [0.717, 1.165) is 61.0 Å². The van der Waals surface area contributed by atoms with Gasteiger partial charge in [0.25, 0.3) is 0 Å². The van der Waals surface area contributed by atoms with Gasteiger partial charge in [0.05, 0.1) is 0 Å². The molecule has 148 valence electrons. The maximum absolute atomic E-state index is 11.6. The van der Waals surface area contributed by atoms with Crippen LogP contribution in [0, 0.1) is 0 Å². The van der Waals surface area contributed by atoms with Gasteiger partial charge in [0, 0.05) is 50.1 Å². The molecule has 1 saturated heterocycles. The first-order valence-corrected chi connectivity index (χ1v) is 10.3. The Bertz CT molecular complexity index is 1040. The van der Waals surface area contributed by atoms with Crippen LogP contribution in [-0.4, -0.2) is 46.2 Å². The summed E-state index contributed by atoms with van der Waals surface area (Å²) in [5.41, 5.74) is 4.23. The summed E-state index contributed by atoms with van der Waals surface area (Å²) < 4.78 is 0. The van der Waals surface area contributed by atoms with Gasteiger partial charge in [0.15, 0.2) is 0 Å². The lowest BCUT2D eigenvalue weighted by molar-refractivity contribution is -0.121. The van der Waals surface area contributed by atoms with Crippen molar-refractivity contribution in [3.63, 3.8) is 0 Å². The number of hydrogen-bond acceptors (Lipinski definition) is 4. The number of benzene rings is 1. The van der Waals surface area contributed by atoms with E-state index in [1.807, 2.05) is 18.3 Å². The van der Waals surface area contributed by atoms with Crippen LogP contribution in [0.15, 0.2) is 42.6 Å². The lowest BCUT2D eigenvalue weighted by Crippen LogP contribution is -2.33. The number of piperidine rings is 1. The summed E-state index contributed by atoms with van der Waals surface area (Å²) >= 11 is 0. The first-order chi connectivity index (χ1) is 14.2. The van der Waals surface area contributed by atoms with E-state index in [1.165, 1.54) is 5.56 Å². The predicted molar refractivity (Wildman–Crippen MR) is 113 cm³/mol. The number of carbonyl (C=O) groups is 2. The average molecular weight is 388 g/mol. The molecule has 0 unspecified atom stereocenters. The molecule has 1 N–H and O–H groups in total. The van der Waals surface area contributed by atoms with E-state index in [9.17, 15) is 9.59 Å². The molecule has 1 aliphatic carbocycles. The van der Waals surface area contributed by atoms with Crippen molar-refractivity contribution in [1.82, 2.24) is 14.9 Å². The van der Waals surface area contributed by atoms with Crippen LogP contribution in [0.25, 0.3) is 22.2 Å². The van der Waals surface area contributed by atoms with Crippen molar-refractivity contribution in [1.29, 1.82) is 0 Å². The third-order valence-corrected chi connectivity index (χ3v) is 5.92. The molecule has 1 aliphatic heterocycles. The molecule has 2 fully saturated rings. The van der Waals surface area contributed by atoms with Gasteiger partial charge in [-0.2, -0.15) is 0 Å². The van der Waals surface area contributed by atoms with Crippen LogP contribution >= 0.6 is 0 Å². The number of rotatable bonds is 6. The SMILES string of the molecule is O=CN(c1cc(-c2ccc(CN3CCC(=O)CC3)cc2)c2cc[nH]c2n1)C1CC1. The van der Waals surface area contributed by atoms with Crippen molar-refractivity contribution in [2.45, 2.75) is 38.3 Å². The first-order valence-electron chi connectivity index (χ1n) is 10.3. The highest BCUT2D eigenvalue weighted by molar-refractivity contribution is 5.96. The Kier molecular flexibility index (Phi) is 4.64. The molecule has 3 heterocycles. The minimum absolute atomic E-state index is 0.277. The van der Waals surface area contributed by atoms with Crippen LogP contribution in [0.2, 0.25) is 0 Å². The van der Waals surface area contributed by atoms with Crippen molar-refractivity contribution in [2.24, 2.45) is 0 Å². The van der Waals surface area contributed by atoms with E-state index in [2.05, 4.69) is 39.1 Å². The van der Waals surface area contributed by atoms with Crippen molar-refractivity contribution in [2.75, 3.05) is 18.0 Å². The molecule has 1 amide bonds. The van der Waals surface area contributed by atoms with Gasteiger partial charge in [-0.1, -0.05) is 24.3 Å².